The molecule has 2 saturated heterocycles. The van der Waals surface area contributed by atoms with Crippen LogP contribution in [-0.4, -0.2) is 35.2 Å². The average molecular weight is 548 g/mol. The number of carbonyl (C=O) groups excluding carboxylic acids is 2. The molecule has 0 aromatic heterocycles. The molecular formula is C24H26Cl4N2O4. The standard InChI is InChI=1S/2C12H13Cl2NO2/c1-12(2)7-17-15(11(12)16)6-8-5-9(13)3-4-10(8)14;1-12(2)7-17-15(11(12)16)6-8-3-4-9(13)5-10(8)14/h2*3-5H,6-7H2,1-2H3. The first kappa shape index (κ1) is 27.1. The second kappa shape index (κ2) is 10.6. The molecule has 0 unspecified atom stereocenters. The monoisotopic (exact) mass is 546 g/mol. The lowest BCUT2D eigenvalue weighted by atomic mass is 9.95. The van der Waals surface area contributed by atoms with Crippen molar-refractivity contribution in [2.45, 2.75) is 40.8 Å². The summed E-state index contributed by atoms with van der Waals surface area (Å²) in [5.41, 5.74) is 0.677. The quantitative estimate of drug-likeness (QED) is 0.433. The molecule has 0 bridgehead atoms. The molecule has 2 aliphatic heterocycles. The van der Waals surface area contributed by atoms with Gasteiger partial charge in [0.25, 0.3) is 11.8 Å². The number of amides is 2. The van der Waals surface area contributed by atoms with Crippen molar-refractivity contribution in [1.29, 1.82) is 0 Å². The van der Waals surface area contributed by atoms with Gasteiger partial charge < -0.3 is 0 Å². The Morgan fingerprint density at radius 1 is 0.706 bits per heavy atom. The predicted molar refractivity (Wildman–Crippen MR) is 133 cm³/mol. The number of benzene rings is 2. The Morgan fingerprint density at radius 3 is 1.65 bits per heavy atom. The van der Waals surface area contributed by atoms with Crippen LogP contribution >= 0.6 is 46.4 Å². The molecular weight excluding hydrogens is 522 g/mol. The number of halogens is 4. The van der Waals surface area contributed by atoms with Crippen LogP contribution in [0.15, 0.2) is 36.4 Å². The van der Waals surface area contributed by atoms with E-state index in [9.17, 15) is 9.59 Å². The lowest BCUT2D eigenvalue weighted by Gasteiger charge is -2.17. The Kier molecular flexibility index (Phi) is 8.44. The smallest absolute Gasteiger partial charge is 0.254 e. The zero-order valence-corrected chi connectivity index (χ0v) is 22.4. The minimum atomic E-state index is -0.467. The number of carbonyl (C=O) groups is 2. The van der Waals surface area contributed by atoms with E-state index in [1.54, 1.807) is 36.4 Å². The first-order valence-corrected chi connectivity index (χ1v) is 12.1. The fraction of sp³-hybridized carbons (Fsp3) is 0.417. The second-order valence-electron chi connectivity index (χ2n) is 9.47. The predicted octanol–water partition coefficient (Wildman–Crippen LogP) is 6.59. The SMILES string of the molecule is CC1(C)CON(Cc2cc(Cl)ccc2Cl)C1=O.CC1(C)CON(Cc2ccc(Cl)cc2Cl)C1=O. The van der Waals surface area contributed by atoms with E-state index >= 15 is 0 Å². The fourth-order valence-corrected chi connectivity index (χ4v) is 4.09. The van der Waals surface area contributed by atoms with Crippen molar-refractivity contribution in [2.75, 3.05) is 13.2 Å². The first-order chi connectivity index (χ1) is 15.8. The molecule has 2 fully saturated rings. The largest absolute Gasteiger partial charge is 0.272 e. The summed E-state index contributed by atoms with van der Waals surface area (Å²) >= 11 is 23.8. The highest BCUT2D eigenvalue weighted by Crippen LogP contribution is 2.31. The van der Waals surface area contributed by atoms with Gasteiger partial charge in [0.05, 0.1) is 37.1 Å². The Hall–Kier alpha value is -1.54. The molecule has 184 valence electrons. The van der Waals surface area contributed by atoms with Crippen molar-refractivity contribution in [2.24, 2.45) is 10.8 Å². The molecule has 10 heteroatoms. The summed E-state index contributed by atoms with van der Waals surface area (Å²) in [5.74, 6) is -0.0583. The van der Waals surface area contributed by atoms with Crippen molar-refractivity contribution >= 4 is 58.2 Å². The van der Waals surface area contributed by atoms with Crippen molar-refractivity contribution in [1.82, 2.24) is 10.1 Å². The van der Waals surface area contributed by atoms with Crippen LogP contribution < -0.4 is 0 Å². The first-order valence-electron chi connectivity index (χ1n) is 10.6. The third-order valence-electron chi connectivity index (χ3n) is 5.42. The topological polar surface area (TPSA) is 59.1 Å². The van der Waals surface area contributed by atoms with E-state index in [0.717, 1.165) is 11.1 Å². The van der Waals surface area contributed by atoms with Crippen LogP contribution in [0.2, 0.25) is 20.1 Å². The van der Waals surface area contributed by atoms with E-state index in [0.29, 0.717) is 46.4 Å². The lowest BCUT2D eigenvalue weighted by Crippen LogP contribution is -2.30. The number of hydroxylamine groups is 4. The third-order valence-corrected chi connectivity index (χ3v) is 6.61. The zero-order valence-electron chi connectivity index (χ0n) is 19.3. The van der Waals surface area contributed by atoms with Gasteiger partial charge in [0.15, 0.2) is 0 Å². The molecule has 0 aliphatic carbocycles. The minimum absolute atomic E-state index is 0.0245. The van der Waals surface area contributed by atoms with Gasteiger partial charge in [-0.25, -0.2) is 10.1 Å². The fourth-order valence-electron chi connectivity index (χ4n) is 3.25. The molecule has 0 radical (unpaired) electrons. The van der Waals surface area contributed by atoms with Crippen LogP contribution in [0.25, 0.3) is 0 Å². The highest BCUT2D eigenvalue weighted by atomic mass is 35.5. The summed E-state index contributed by atoms with van der Waals surface area (Å²) in [6, 6.07) is 10.4. The molecule has 2 aromatic rings. The van der Waals surface area contributed by atoms with E-state index in [1.807, 2.05) is 27.7 Å². The van der Waals surface area contributed by atoms with Crippen LogP contribution in [0.3, 0.4) is 0 Å². The molecule has 6 nitrogen and oxygen atoms in total. The molecule has 2 aromatic carbocycles. The molecule has 0 atom stereocenters. The van der Waals surface area contributed by atoms with Gasteiger partial charge in [-0.2, -0.15) is 0 Å². The maximum absolute atomic E-state index is 12.0. The van der Waals surface area contributed by atoms with E-state index < -0.39 is 10.8 Å². The summed E-state index contributed by atoms with van der Waals surface area (Å²) in [6.07, 6.45) is 0. The normalized spacial score (nSPS) is 18.8. The summed E-state index contributed by atoms with van der Waals surface area (Å²) in [4.78, 5) is 34.6. The summed E-state index contributed by atoms with van der Waals surface area (Å²) in [6.45, 7) is 8.89. The molecule has 0 saturated carbocycles. The second-order valence-corrected chi connectivity index (χ2v) is 11.2. The van der Waals surface area contributed by atoms with Gasteiger partial charge in [-0.3, -0.25) is 19.3 Å². The molecule has 0 N–H and O–H groups in total. The minimum Gasteiger partial charge on any atom is -0.272 e. The number of hydrogen-bond donors (Lipinski definition) is 0. The lowest BCUT2D eigenvalue weighted by molar-refractivity contribution is -0.165. The van der Waals surface area contributed by atoms with Gasteiger partial charge in [-0.1, -0.05) is 52.5 Å². The van der Waals surface area contributed by atoms with Crippen molar-refractivity contribution in [3.8, 4) is 0 Å². The van der Waals surface area contributed by atoms with Crippen LogP contribution in [0.1, 0.15) is 38.8 Å². The summed E-state index contributed by atoms with van der Waals surface area (Å²) in [7, 11) is 0. The maximum atomic E-state index is 12.0. The van der Waals surface area contributed by atoms with E-state index in [2.05, 4.69) is 0 Å². The number of nitrogens with zero attached hydrogens (tertiary/aromatic N) is 2. The van der Waals surface area contributed by atoms with Gasteiger partial charge in [0.2, 0.25) is 0 Å². The Bertz CT molecular complexity index is 1090. The van der Waals surface area contributed by atoms with Gasteiger partial charge in [0, 0.05) is 20.1 Å². The third kappa shape index (κ3) is 6.36. The Morgan fingerprint density at radius 2 is 1.18 bits per heavy atom. The van der Waals surface area contributed by atoms with E-state index in [4.69, 9.17) is 56.1 Å². The van der Waals surface area contributed by atoms with Crippen LogP contribution in [0, 0.1) is 10.8 Å². The average Bonchev–Trinajstić information content (AvgIpc) is 3.16. The Balaban J connectivity index is 0.000000191. The Labute approximate surface area is 219 Å². The van der Waals surface area contributed by atoms with Gasteiger partial charge in [0.1, 0.15) is 0 Å². The van der Waals surface area contributed by atoms with Crippen LogP contribution in [0.5, 0.6) is 0 Å². The van der Waals surface area contributed by atoms with E-state index in [1.165, 1.54) is 10.1 Å². The highest BCUT2D eigenvalue weighted by molar-refractivity contribution is 6.35. The zero-order chi connectivity index (χ0) is 25.3. The molecule has 2 amide bonds. The van der Waals surface area contributed by atoms with Gasteiger partial charge >= 0.3 is 0 Å². The van der Waals surface area contributed by atoms with Gasteiger partial charge in [-0.05, 0) is 69.2 Å². The summed E-state index contributed by atoms with van der Waals surface area (Å²) < 4.78 is 0. The summed E-state index contributed by atoms with van der Waals surface area (Å²) in [5, 5.41) is 4.99. The van der Waals surface area contributed by atoms with Crippen molar-refractivity contribution in [3.63, 3.8) is 0 Å². The van der Waals surface area contributed by atoms with Crippen molar-refractivity contribution in [3.05, 3.63) is 67.6 Å². The van der Waals surface area contributed by atoms with E-state index in [-0.39, 0.29) is 11.8 Å². The van der Waals surface area contributed by atoms with Crippen LogP contribution in [-0.2, 0) is 32.4 Å². The molecule has 4 rings (SSSR count). The van der Waals surface area contributed by atoms with Gasteiger partial charge in [-0.15, -0.1) is 0 Å². The molecule has 2 heterocycles. The van der Waals surface area contributed by atoms with Crippen LogP contribution in [0.4, 0.5) is 0 Å². The number of rotatable bonds is 4. The molecule has 34 heavy (non-hydrogen) atoms. The highest BCUT2D eigenvalue weighted by Gasteiger charge is 2.41. The molecule has 0 spiro atoms. The number of hydrogen-bond acceptors (Lipinski definition) is 4. The van der Waals surface area contributed by atoms with Crippen molar-refractivity contribution < 1.29 is 19.3 Å². The maximum Gasteiger partial charge on any atom is 0.254 e. The molecule has 2 aliphatic rings.